The van der Waals surface area contributed by atoms with Crippen molar-refractivity contribution in [2.24, 2.45) is 0 Å². The first kappa shape index (κ1) is 23.2. The fraction of sp³-hybridized carbons (Fsp3) is 0.154. The number of rotatable bonds is 2. The number of carbonyl (C=O) groups is 3. The van der Waals surface area contributed by atoms with E-state index in [2.05, 4.69) is 4.98 Å². The van der Waals surface area contributed by atoms with E-state index >= 15 is 0 Å². The molecule has 7 N–H and O–H groups in total. The van der Waals surface area contributed by atoms with Gasteiger partial charge in [-0.1, -0.05) is 6.07 Å². The first-order valence-corrected chi connectivity index (χ1v) is 11.2. The van der Waals surface area contributed by atoms with E-state index in [1.165, 1.54) is 13.2 Å². The molecule has 0 saturated carbocycles. The number of aromatic hydroxyl groups is 5. The average Bonchev–Trinajstić information content (AvgIpc) is 3.36. The predicted octanol–water partition coefficient (Wildman–Crippen LogP) is 2.18. The highest BCUT2D eigenvalue weighted by Crippen LogP contribution is 2.59. The van der Waals surface area contributed by atoms with Gasteiger partial charge in [0.1, 0.15) is 34.1 Å². The van der Waals surface area contributed by atoms with Crippen molar-refractivity contribution in [3.63, 3.8) is 0 Å². The lowest BCUT2D eigenvalue weighted by atomic mass is 9.76. The maximum absolute atomic E-state index is 13.9. The van der Waals surface area contributed by atoms with Crippen LogP contribution in [-0.4, -0.2) is 60.3 Å². The summed E-state index contributed by atoms with van der Waals surface area (Å²) in [6.45, 7) is 0. The number of aromatic amines is 1. The van der Waals surface area contributed by atoms with E-state index in [4.69, 9.17) is 4.74 Å². The van der Waals surface area contributed by atoms with Crippen LogP contribution in [0.2, 0.25) is 0 Å². The van der Waals surface area contributed by atoms with Crippen LogP contribution >= 0.6 is 0 Å². The summed E-state index contributed by atoms with van der Waals surface area (Å²) in [4.78, 5) is 54.1. The number of carboxylic acid groups (broad SMARTS) is 1. The number of carbonyl (C=O) groups excluding carboxylic acids is 2. The number of hydrogen-bond acceptors (Lipinski definition) is 10. The predicted molar refractivity (Wildman–Crippen MR) is 129 cm³/mol. The van der Waals surface area contributed by atoms with E-state index in [0.717, 1.165) is 12.1 Å². The Morgan fingerprint density at radius 2 is 1.50 bits per heavy atom. The van der Waals surface area contributed by atoms with Crippen molar-refractivity contribution in [1.29, 1.82) is 0 Å². The maximum Gasteiger partial charge on any atom is 0.352 e. The highest BCUT2D eigenvalue weighted by Gasteiger charge is 2.61. The van der Waals surface area contributed by atoms with Crippen molar-refractivity contribution in [3.8, 4) is 34.5 Å². The van der Waals surface area contributed by atoms with Crippen LogP contribution in [0.3, 0.4) is 0 Å². The largest absolute Gasteiger partial charge is 0.507 e. The van der Waals surface area contributed by atoms with Gasteiger partial charge in [0.05, 0.1) is 34.4 Å². The second-order valence-corrected chi connectivity index (χ2v) is 9.25. The molecule has 0 aliphatic heterocycles. The molecule has 192 valence electrons. The summed E-state index contributed by atoms with van der Waals surface area (Å²) < 4.78 is 4.97. The Bertz CT molecular complexity index is 1900. The molecule has 2 aliphatic rings. The number of ketones is 2. The van der Waals surface area contributed by atoms with Gasteiger partial charge in [-0.15, -0.1) is 0 Å². The molecule has 1 spiro atoms. The molecule has 12 heteroatoms. The van der Waals surface area contributed by atoms with Crippen molar-refractivity contribution in [1.82, 2.24) is 4.98 Å². The number of nitrogens with one attached hydrogen (secondary N) is 1. The number of fused-ring (bicyclic) bond motifs is 5. The molecular formula is C26H17NO11. The smallest absolute Gasteiger partial charge is 0.352 e. The summed E-state index contributed by atoms with van der Waals surface area (Å²) in [6.07, 6.45) is -0.135. The molecule has 0 saturated heterocycles. The van der Waals surface area contributed by atoms with E-state index in [1.807, 2.05) is 0 Å². The number of H-pyrrole nitrogens is 1. The number of Topliss-reactive ketones (excluding diaryl/α,β-unsaturated/α-hetero) is 2. The summed E-state index contributed by atoms with van der Waals surface area (Å²) in [7, 11) is 1.18. The van der Waals surface area contributed by atoms with Crippen LogP contribution in [0, 0.1) is 0 Å². The third-order valence-electron chi connectivity index (χ3n) is 7.51. The van der Waals surface area contributed by atoms with Gasteiger partial charge in [-0.3, -0.25) is 14.4 Å². The number of aromatic carboxylic acids is 1. The third-order valence-corrected chi connectivity index (χ3v) is 7.51. The summed E-state index contributed by atoms with van der Waals surface area (Å²) in [5.41, 5.74) is -4.65. The highest BCUT2D eigenvalue weighted by molar-refractivity contribution is 6.38. The van der Waals surface area contributed by atoms with Crippen molar-refractivity contribution in [2.75, 3.05) is 7.11 Å². The standard InChI is InChI=1S/C26H17NO11/c1-38-11-6-10(28)13-14(18(11)29)20(31)16-15(19(13)30)22(33)26(23(16)34)3-2-7-4-8-5-9(25(36)37)27-24(35)12(8)21(32)17(7)26/h4-6,28-32H,2-3H2,1H3,(H,27,35)(H,36,37)/t26-/m0/s1. The third kappa shape index (κ3) is 2.48. The second-order valence-electron chi connectivity index (χ2n) is 9.25. The summed E-state index contributed by atoms with van der Waals surface area (Å²) in [5.74, 6) is -7.44. The Labute approximate surface area is 210 Å². The lowest BCUT2D eigenvalue weighted by Crippen LogP contribution is -2.36. The molecule has 6 rings (SSSR count). The van der Waals surface area contributed by atoms with Crippen molar-refractivity contribution in [3.05, 3.63) is 56.5 Å². The molecular weight excluding hydrogens is 502 g/mol. The molecule has 12 nitrogen and oxygen atoms in total. The summed E-state index contributed by atoms with van der Waals surface area (Å²) >= 11 is 0. The number of aryl methyl sites for hydroxylation is 1. The van der Waals surface area contributed by atoms with Crippen molar-refractivity contribution < 1.29 is 49.8 Å². The van der Waals surface area contributed by atoms with E-state index in [-0.39, 0.29) is 34.9 Å². The minimum Gasteiger partial charge on any atom is -0.507 e. The fourth-order valence-corrected chi connectivity index (χ4v) is 5.88. The zero-order valence-electron chi connectivity index (χ0n) is 19.4. The van der Waals surface area contributed by atoms with Gasteiger partial charge >= 0.3 is 5.97 Å². The topological polar surface area (TPSA) is 215 Å². The van der Waals surface area contributed by atoms with Crippen LogP contribution in [0.4, 0.5) is 0 Å². The number of ether oxygens (including phenoxy) is 1. The van der Waals surface area contributed by atoms with Gasteiger partial charge in [-0.25, -0.2) is 4.79 Å². The van der Waals surface area contributed by atoms with Crippen LogP contribution in [0.15, 0.2) is 23.0 Å². The van der Waals surface area contributed by atoms with Crippen molar-refractivity contribution >= 4 is 39.1 Å². The SMILES string of the molecule is COc1cc(O)c2c(O)c3c(c(O)c2c1O)C(=O)[C@]1(CCc2cc4cc(C(=O)O)[nH]c(=O)c4c(O)c21)C3=O. The molecule has 0 amide bonds. The van der Waals surface area contributed by atoms with E-state index in [9.17, 15) is 49.8 Å². The number of phenolic OH excluding ortho intramolecular Hbond substituents is 5. The molecule has 2 aliphatic carbocycles. The number of hydrogen-bond donors (Lipinski definition) is 7. The van der Waals surface area contributed by atoms with Crippen molar-refractivity contribution in [2.45, 2.75) is 18.3 Å². The minimum absolute atomic E-state index is 0.0604. The van der Waals surface area contributed by atoms with Gasteiger partial charge in [0.25, 0.3) is 5.56 Å². The minimum atomic E-state index is -2.13. The van der Waals surface area contributed by atoms with Gasteiger partial charge in [-0.05, 0) is 29.9 Å². The van der Waals surface area contributed by atoms with Gasteiger partial charge in [0.15, 0.2) is 23.1 Å². The van der Waals surface area contributed by atoms with E-state index in [0.29, 0.717) is 5.56 Å². The lowest BCUT2D eigenvalue weighted by molar-refractivity contribution is 0.0689. The lowest BCUT2D eigenvalue weighted by Gasteiger charge is -2.22. The van der Waals surface area contributed by atoms with Gasteiger partial charge in [-0.2, -0.15) is 0 Å². The molecule has 4 aromatic rings. The molecule has 0 radical (unpaired) electrons. The first-order chi connectivity index (χ1) is 17.9. The number of carboxylic acids is 1. The number of pyridine rings is 1. The quantitative estimate of drug-likeness (QED) is 0.150. The molecule has 0 bridgehead atoms. The number of phenols is 5. The van der Waals surface area contributed by atoms with Gasteiger partial charge in [0.2, 0.25) is 0 Å². The average molecular weight is 519 g/mol. The van der Waals surface area contributed by atoms with Crippen LogP contribution < -0.4 is 10.3 Å². The Balaban J connectivity index is 1.69. The number of methoxy groups -OCH3 is 1. The molecule has 3 aromatic carbocycles. The Morgan fingerprint density at radius 1 is 0.868 bits per heavy atom. The van der Waals surface area contributed by atoms with Crippen LogP contribution in [0.1, 0.15) is 48.8 Å². The van der Waals surface area contributed by atoms with E-state index < -0.39 is 84.9 Å². The molecule has 0 unspecified atom stereocenters. The summed E-state index contributed by atoms with van der Waals surface area (Å²) in [5, 5.41) is 62.4. The monoisotopic (exact) mass is 519 g/mol. The Kier molecular flexibility index (Phi) is 4.36. The zero-order valence-corrected chi connectivity index (χ0v) is 19.4. The van der Waals surface area contributed by atoms with Gasteiger partial charge in [0, 0.05) is 11.6 Å². The van der Waals surface area contributed by atoms with E-state index in [1.54, 1.807) is 0 Å². The maximum atomic E-state index is 13.9. The fourth-order valence-electron chi connectivity index (χ4n) is 5.88. The Morgan fingerprint density at radius 3 is 2.11 bits per heavy atom. The van der Waals surface area contributed by atoms with Crippen LogP contribution in [0.5, 0.6) is 34.5 Å². The van der Waals surface area contributed by atoms with Crippen LogP contribution in [-0.2, 0) is 11.8 Å². The zero-order chi connectivity index (χ0) is 27.4. The van der Waals surface area contributed by atoms with Gasteiger partial charge < -0.3 is 40.4 Å². The van der Waals surface area contributed by atoms with Crippen LogP contribution in [0.25, 0.3) is 21.5 Å². The molecule has 1 atom stereocenters. The highest BCUT2D eigenvalue weighted by atomic mass is 16.5. The molecule has 38 heavy (non-hydrogen) atoms. The first-order valence-electron chi connectivity index (χ1n) is 11.2. The molecule has 0 fully saturated rings. The normalized spacial score (nSPS) is 17.9. The molecule has 1 aromatic heterocycles. The molecule has 1 heterocycles. The Hall–Kier alpha value is -5.26. The summed E-state index contributed by atoms with van der Waals surface area (Å²) in [6, 6.07) is 3.50. The second kappa shape index (κ2) is 7.16. The number of benzene rings is 3. The number of aromatic nitrogens is 1.